The molecule has 0 aliphatic rings. The van der Waals surface area contributed by atoms with E-state index in [2.05, 4.69) is 9.71 Å². The van der Waals surface area contributed by atoms with E-state index in [1.807, 2.05) is 13.8 Å². The Balaban J connectivity index is 2.96. The third-order valence-corrected chi connectivity index (χ3v) is 4.22. The van der Waals surface area contributed by atoms with Crippen molar-refractivity contribution >= 4 is 21.6 Å². The fourth-order valence-corrected chi connectivity index (χ4v) is 3.08. The lowest BCUT2D eigenvalue weighted by atomic mass is 10.1. The highest BCUT2D eigenvalue weighted by Crippen LogP contribution is 2.13. The van der Waals surface area contributed by atoms with Gasteiger partial charge in [-0.25, -0.2) is 13.1 Å². The molecule has 0 aromatic carbocycles. The summed E-state index contributed by atoms with van der Waals surface area (Å²) >= 11 is 5.59. The summed E-state index contributed by atoms with van der Waals surface area (Å²) in [5.41, 5.74) is -0.554. The number of nitrogens with one attached hydrogen (secondary N) is 2. The standard InChI is InChI=1S/C11H17ClN2O4S/c1-7(2)3-8(6-15)14-19(17,18)9-4-10(12)11(16)13-5-9/h4-5,7-8,14-15H,3,6H2,1-2H3,(H,13,16). The van der Waals surface area contributed by atoms with Crippen LogP contribution >= 0.6 is 11.6 Å². The molecule has 0 spiro atoms. The van der Waals surface area contributed by atoms with E-state index in [0.29, 0.717) is 6.42 Å². The van der Waals surface area contributed by atoms with Crippen LogP contribution in [0.2, 0.25) is 5.02 Å². The zero-order chi connectivity index (χ0) is 14.6. The van der Waals surface area contributed by atoms with Crippen LogP contribution in [-0.4, -0.2) is 31.2 Å². The molecule has 8 heteroatoms. The second-order valence-corrected chi connectivity index (χ2v) is 6.76. The number of hydrogen-bond donors (Lipinski definition) is 3. The topological polar surface area (TPSA) is 99.3 Å². The number of halogens is 1. The Morgan fingerprint density at radius 2 is 2.11 bits per heavy atom. The van der Waals surface area contributed by atoms with Crippen molar-refractivity contribution in [2.45, 2.75) is 31.2 Å². The van der Waals surface area contributed by atoms with Gasteiger partial charge in [0, 0.05) is 12.2 Å². The van der Waals surface area contributed by atoms with Gasteiger partial charge in [0.25, 0.3) is 5.56 Å². The lowest BCUT2D eigenvalue weighted by molar-refractivity contribution is 0.240. The van der Waals surface area contributed by atoms with Crippen LogP contribution in [0.15, 0.2) is 22.0 Å². The fourth-order valence-electron chi connectivity index (χ4n) is 1.61. The van der Waals surface area contributed by atoms with Gasteiger partial charge in [-0.3, -0.25) is 4.79 Å². The number of H-pyrrole nitrogens is 1. The Bertz CT molecular complexity index is 583. The molecule has 1 aromatic heterocycles. The Kier molecular flexibility index (Phi) is 5.54. The summed E-state index contributed by atoms with van der Waals surface area (Å²) in [5, 5.41) is 8.97. The van der Waals surface area contributed by atoms with Gasteiger partial charge in [0.15, 0.2) is 0 Å². The molecule has 1 atom stereocenters. The summed E-state index contributed by atoms with van der Waals surface area (Å²) in [7, 11) is -3.82. The Morgan fingerprint density at radius 3 is 2.58 bits per heavy atom. The highest BCUT2D eigenvalue weighted by Gasteiger charge is 2.21. The van der Waals surface area contributed by atoms with E-state index in [1.54, 1.807) is 0 Å². The third kappa shape index (κ3) is 4.61. The summed E-state index contributed by atoms with van der Waals surface area (Å²) in [6.45, 7) is 3.55. The first kappa shape index (κ1) is 16.2. The summed E-state index contributed by atoms with van der Waals surface area (Å²) in [6.07, 6.45) is 1.58. The number of aliphatic hydroxyl groups is 1. The average molecular weight is 309 g/mol. The van der Waals surface area contributed by atoms with Crippen molar-refractivity contribution in [2.75, 3.05) is 6.61 Å². The summed E-state index contributed by atoms with van der Waals surface area (Å²) < 4.78 is 26.5. The number of hydrogen-bond acceptors (Lipinski definition) is 4. The van der Waals surface area contributed by atoms with E-state index in [-0.39, 0.29) is 22.4 Å². The molecule has 6 nitrogen and oxygen atoms in total. The van der Waals surface area contributed by atoms with E-state index < -0.39 is 21.6 Å². The van der Waals surface area contributed by atoms with Crippen LogP contribution in [0.3, 0.4) is 0 Å². The molecule has 0 saturated heterocycles. The molecular weight excluding hydrogens is 292 g/mol. The molecule has 0 aliphatic carbocycles. The molecule has 0 amide bonds. The minimum atomic E-state index is -3.82. The van der Waals surface area contributed by atoms with Crippen LogP contribution in [0.1, 0.15) is 20.3 Å². The van der Waals surface area contributed by atoms with Crippen LogP contribution in [0.25, 0.3) is 0 Å². The van der Waals surface area contributed by atoms with E-state index in [1.165, 1.54) is 0 Å². The second kappa shape index (κ2) is 6.51. The number of aromatic amines is 1. The maximum atomic E-state index is 12.0. The van der Waals surface area contributed by atoms with Crippen molar-refractivity contribution in [2.24, 2.45) is 5.92 Å². The van der Waals surface area contributed by atoms with Crippen molar-refractivity contribution in [3.63, 3.8) is 0 Å². The third-order valence-electron chi connectivity index (χ3n) is 2.44. The van der Waals surface area contributed by atoms with Gasteiger partial charge in [-0.05, 0) is 18.4 Å². The first-order chi connectivity index (χ1) is 8.76. The van der Waals surface area contributed by atoms with Gasteiger partial charge in [0.05, 0.1) is 11.5 Å². The van der Waals surface area contributed by atoms with Gasteiger partial charge in [0.1, 0.15) is 5.02 Å². The van der Waals surface area contributed by atoms with Crippen molar-refractivity contribution in [1.82, 2.24) is 9.71 Å². The lowest BCUT2D eigenvalue weighted by Crippen LogP contribution is -2.38. The first-order valence-corrected chi connectivity index (χ1v) is 7.63. The van der Waals surface area contributed by atoms with Crippen molar-refractivity contribution < 1.29 is 13.5 Å². The maximum Gasteiger partial charge on any atom is 0.266 e. The Morgan fingerprint density at radius 1 is 1.47 bits per heavy atom. The Labute approximate surface area is 116 Å². The van der Waals surface area contributed by atoms with Crippen LogP contribution in [-0.2, 0) is 10.0 Å². The minimum absolute atomic E-state index is 0.140. The molecule has 19 heavy (non-hydrogen) atoms. The molecule has 0 fully saturated rings. The van der Waals surface area contributed by atoms with Crippen LogP contribution in [0.5, 0.6) is 0 Å². The SMILES string of the molecule is CC(C)CC(CO)NS(=O)(=O)c1c[nH]c(=O)c(Cl)c1. The maximum absolute atomic E-state index is 12.0. The predicted octanol–water partition coefficient (Wildman–Crippen LogP) is 0.714. The van der Waals surface area contributed by atoms with Crippen molar-refractivity contribution in [1.29, 1.82) is 0 Å². The highest BCUT2D eigenvalue weighted by atomic mass is 35.5. The van der Waals surface area contributed by atoms with Crippen LogP contribution in [0.4, 0.5) is 0 Å². The number of aromatic nitrogens is 1. The van der Waals surface area contributed by atoms with Gasteiger partial charge in [-0.1, -0.05) is 25.4 Å². The quantitative estimate of drug-likeness (QED) is 0.721. The zero-order valence-electron chi connectivity index (χ0n) is 10.7. The molecule has 0 aliphatic heterocycles. The molecule has 0 saturated carbocycles. The molecule has 108 valence electrons. The van der Waals surface area contributed by atoms with Crippen LogP contribution < -0.4 is 10.3 Å². The first-order valence-electron chi connectivity index (χ1n) is 5.77. The molecule has 3 N–H and O–H groups in total. The normalized spacial score (nSPS) is 13.7. The van der Waals surface area contributed by atoms with E-state index in [0.717, 1.165) is 12.3 Å². The van der Waals surface area contributed by atoms with Crippen molar-refractivity contribution in [3.05, 3.63) is 27.6 Å². The smallest absolute Gasteiger partial charge is 0.266 e. The fraction of sp³-hybridized carbons (Fsp3) is 0.545. The van der Waals surface area contributed by atoms with Gasteiger partial charge < -0.3 is 10.1 Å². The minimum Gasteiger partial charge on any atom is -0.395 e. The van der Waals surface area contributed by atoms with E-state index in [9.17, 15) is 18.3 Å². The molecule has 0 radical (unpaired) electrons. The monoisotopic (exact) mass is 308 g/mol. The second-order valence-electron chi connectivity index (χ2n) is 4.64. The van der Waals surface area contributed by atoms with Gasteiger partial charge in [0.2, 0.25) is 10.0 Å². The summed E-state index contributed by atoms with van der Waals surface area (Å²) in [4.78, 5) is 13.2. The van der Waals surface area contributed by atoms with Gasteiger partial charge in [-0.15, -0.1) is 0 Å². The van der Waals surface area contributed by atoms with Gasteiger partial charge in [-0.2, -0.15) is 0 Å². The summed E-state index contributed by atoms with van der Waals surface area (Å²) in [6, 6.07) is 0.503. The van der Waals surface area contributed by atoms with Gasteiger partial charge >= 0.3 is 0 Å². The molecule has 1 heterocycles. The largest absolute Gasteiger partial charge is 0.395 e. The number of aliphatic hydroxyl groups excluding tert-OH is 1. The average Bonchev–Trinajstić information content (AvgIpc) is 2.30. The molecule has 1 unspecified atom stereocenters. The van der Waals surface area contributed by atoms with Crippen LogP contribution in [0, 0.1) is 5.92 Å². The molecule has 0 bridgehead atoms. The van der Waals surface area contributed by atoms with Crippen molar-refractivity contribution in [3.8, 4) is 0 Å². The highest BCUT2D eigenvalue weighted by molar-refractivity contribution is 7.89. The lowest BCUT2D eigenvalue weighted by Gasteiger charge is -2.18. The van der Waals surface area contributed by atoms with E-state index >= 15 is 0 Å². The Hall–Kier alpha value is -0.890. The predicted molar refractivity (Wildman–Crippen MR) is 72.7 cm³/mol. The number of rotatable bonds is 6. The molecular formula is C11H17ClN2O4S. The number of sulfonamides is 1. The molecule has 1 aromatic rings. The number of pyridine rings is 1. The summed E-state index contributed by atoms with van der Waals surface area (Å²) in [5.74, 6) is 0.235. The zero-order valence-corrected chi connectivity index (χ0v) is 12.3. The van der Waals surface area contributed by atoms with E-state index in [4.69, 9.17) is 11.6 Å². The molecule has 1 rings (SSSR count).